The number of hydrogen-bond acceptors (Lipinski definition) is 2. The smallest absolute Gasteiger partial charge is 0.172 e. The zero-order chi connectivity index (χ0) is 13.2. The van der Waals surface area contributed by atoms with Gasteiger partial charge in [-0.1, -0.05) is 41.9 Å². The summed E-state index contributed by atoms with van der Waals surface area (Å²) >= 11 is 6.36. The van der Waals surface area contributed by atoms with Crippen molar-refractivity contribution in [3.8, 4) is 11.4 Å². The molecular formula is C15H18ClN3. The summed E-state index contributed by atoms with van der Waals surface area (Å²) in [6, 6.07) is 10.2. The van der Waals surface area contributed by atoms with Crippen LogP contribution in [0.25, 0.3) is 11.4 Å². The Labute approximate surface area is 118 Å². The Balaban J connectivity index is 2.00. The molecule has 1 aromatic carbocycles. The zero-order valence-electron chi connectivity index (χ0n) is 11.1. The standard InChI is InChI=1S/C15H18ClN3/c1-18-14(12-8-4-2-5-9-12)17-13(16)15(18)19-10-6-3-7-11-19/h2,4-5,8-9H,3,6-7,10-11H2,1H3. The van der Waals surface area contributed by atoms with E-state index in [2.05, 4.69) is 26.6 Å². The minimum atomic E-state index is 0.614. The number of halogens is 1. The summed E-state index contributed by atoms with van der Waals surface area (Å²) in [6.45, 7) is 2.15. The van der Waals surface area contributed by atoms with Crippen molar-refractivity contribution >= 4 is 17.4 Å². The molecule has 0 atom stereocenters. The molecule has 0 amide bonds. The minimum Gasteiger partial charge on any atom is -0.355 e. The van der Waals surface area contributed by atoms with E-state index >= 15 is 0 Å². The third-order valence-corrected chi connectivity index (χ3v) is 3.97. The van der Waals surface area contributed by atoms with Crippen LogP contribution in [0.3, 0.4) is 0 Å². The van der Waals surface area contributed by atoms with Crippen molar-refractivity contribution in [1.82, 2.24) is 9.55 Å². The van der Waals surface area contributed by atoms with Gasteiger partial charge in [0.1, 0.15) is 11.6 Å². The molecule has 2 heterocycles. The normalized spacial score (nSPS) is 15.8. The van der Waals surface area contributed by atoms with Gasteiger partial charge in [-0.25, -0.2) is 4.98 Å². The van der Waals surface area contributed by atoms with Crippen LogP contribution in [0.2, 0.25) is 5.15 Å². The van der Waals surface area contributed by atoms with Crippen molar-refractivity contribution in [2.45, 2.75) is 19.3 Å². The molecule has 1 saturated heterocycles. The summed E-state index contributed by atoms with van der Waals surface area (Å²) in [5, 5.41) is 0.614. The first kappa shape index (κ1) is 12.5. The van der Waals surface area contributed by atoms with Crippen molar-refractivity contribution in [3.05, 3.63) is 35.5 Å². The lowest BCUT2D eigenvalue weighted by atomic mass is 10.1. The highest BCUT2D eigenvalue weighted by atomic mass is 35.5. The molecule has 3 nitrogen and oxygen atoms in total. The number of aromatic nitrogens is 2. The van der Waals surface area contributed by atoms with E-state index in [1.807, 2.05) is 25.2 Å². The molecule has 0 bridgehead atoms. The summed E-state index contributed by atoms with van der Waals surface area (Å²) in [5.41, 5.74) is 1.11. The second kappa shape index (κ2) is 5.25. The van der Waals surface area contributed by atoms with Crippen LogP contribution in [0, 0.1) is 0 Å². The van der Waals surface area contributed by atoms with Gasteiger partial charge in [-0.3, -0.25) is 0 Å². The molecule has 1 aliphatic rings. The number of rotatable bonds is 2. The second-order valence-corrected chi connectivity index (χ2v) is 5.38. The number of anilines is 1. The molecule has 0 spiro atoms. The Bertz CT molecular complexity index is 556. The summed E-state index contributed by atoms with van der Waals surface area (Å²) in [7, 11) is 2.05. The lowest BCUT2D eigenvalue weighted by Gasteiger charge is -2.28. The molecule has 19 heavy (non-hydrogen) atoms. The highest BCUT2D eigenvalue weighted by Gasteiger charge is 2.21. The number of piperidine rings is 1. The van der Waals surface area contributed by atoms with Gasteiger partial charge in [-0.2, -0.15) is 0 Å². The highest BCUT2D eigenvalue weighted by Crippen LogP contribution is 2.32. The third-order valence-electron chi connectivity index (χ3n) is 3.71. The first-order valence-corrected chi connectivity index (χ1v) is 7.18. The van der Waals surface area contributed by atoms with Crippen LogP contribution in [0.5, 0.6) is 0 Å². The molecule has 0 unspecified atom stereocenters. The van der Waals surface area contributed by atoms with Gasteiger partial charge in [0.05, 0.1) is 0 Å². The summed E-state index contributed by atoms with van der Waals surface area (Å²) in [6.07, 6.45) is 3.79. The first-order valence-electron chi connectivity index (χ1n) is 6.80. The van der Waals surface area contributed by atoms with Crippen LogP contribution in [-0.4, -0.2) is 22.6 Å². The zero-order valence-corrected chi connectivity index (χ0v) is 11.9. The monoisotopic (exact) mass is 275 g/mol. The molecule has 1 fully saturated rings. The molecular weight excluding hydrogens is 258 g/mol. The van der Waals surface area contributed by atoms with E-state index in [9.17, 15) is 0 Å². The SMILES string of the molecule is Cn1c(-c2ccccc2)nc(Cl)c1N1CCCCC1. The molecule has 1 aromatic heterocycles. The third kappa shape index (κ3) is 2.35. The van der Waals surface area contributed by atoms with E-state index in [0.29, 0.717) is 5.15 Å². The van der Waals surface area contributed by atoms with Gasteiger partial charge in [-0.05, 0) is 19.3 Å². The van der Waals surface area contributed by atoms with Crippen LogP contribution >= 0.6 is 11.6 Å². The van der Waals surface area contributed by atoms with Gasteiger partial charge < -0.3 is 9.47 Å². The van der Waals surface area contributed by atoms with Gasteiger partial charge in [0.25, 0.3) is 0 Å². The summed E-state index contributed by atoms with van der Waals surface area (Å²) in [4.78, 5) is 6.89. The topological polar surface area (TPSA) is 21.1 Å². The highest BCUT2D eigenvalue weighted by molar-refractivity contribution is 6.32. The van der Waals surface area contributed by atoms with E-state index in [4.69, 9.17) is 11.6 Å². The molecule has 3 rings (SSSR count). The van der Waals surface area contributed by atoms with Crippen LogP contribution in [-0.2, 0) is 7.05 Å². The Morgan fingerprint density at radius 2 is 1.74 bits per heavy atom. The molecule has 0 aliphatic carbocycles. The maximum atomic E-state index is 6.36. The lowest BCUT2D eigenvalue weighted by Crippen LogP contribution is -2.31. The predicted octanol–water partition coefficient (Wildman–Crippen LogP) is 3.73. The number of nitrogens with zero attached hydrogens (tertiary/aromatic N) is 3. The van der Waals surface area contributed by atoms with Crippen LogP contribution in [0.15, 0.2) is 30.3 Å². The van der Waals surface area contributed by atoms with Crippen LogP contribution in [0.4, 0.5) is 5.82 Å². The average molecular weight is 276 g/mol. The maximum Gasteiger partial charge on any atom is 0.172 e. The fourth-order valence-electron chi connectivity index (χ4n) is 2.75. The van der Waals surface area contributed by atoms with Crippen molar-refractivity contribution in [1.29, 1.82) is 0 Å². The van der Waals surface area contributed by atoms with Crippen LogP contribution in [0.1, 0.15) is 19.3 Å². The van der Waals surface area contributed by atoms with Crippen molar-refractivity contribution < 1.29 is 0 Å². The summed E-state index contributed by atoms with van der Waals surface area (Å²) in [5.74, 6) is 1.99. The molecule has 0 saturated carbocycles. The fraction of sp³-hybridized carbons (Fsp3) is 0.400. The van der Waals surface area contributed by atoms with E-state index in [0.717, 1.165) is 30.3 Å². The number of benzene rings is 1. The van der Waals surface area contributed by atoms with E-state index in [-0.39, 0.29) is 0 Å². The Hall–Kier alpha value is -1.48. The molecule has 2 aromatic rings. The number of hydrogen-bond donors (Lipinski definition) is 0. The quantitative estimate of drug-likeness (QED) is 0.833. The van der Waals surface area contributed by atoms with Gasteiger partial charge in [0, 0.05) is 25.7 Å². The van der Waals surface area contributed by atoms with Crippen LogP contribution < -0.4 is 4.90 Å². The maximum absolute atomic E-state index is 6.36. The largest absolute Gasteiger partial charge is 0.355 e. The van der Waals surface area contributed by atoms with E-state index in [1.165, 1.54) is 19.3 Å². The van der Waals surface area contributed by atoms with E-state index in [1.54, 1.807) is 0 Å². The lowest BCUT2D eigenvalue weighted by molar-refractivity contribution is 0.568. The average Bonchev–Trinajstić information content (AvgIpc) is 2.76. The van der Waals surface area contributed by atoms with Gasteiger partial charge in [0.15, 0.2) is 5.15 Å². The molecule has 0 radical (unpaired) electrons. The van der Waals surface area contributed by atoms with Gasteiger partial charge in [0.2, 0.25) is 0 Å². The Morgan fingerprint density at radius 1 is 1.05 bits per heavy atom. The second-order valence-electron chi connectivity index (χ2n) is 5.02. The first-order chi connectivity index (χ1) is 9.27. The number of imidazole rings is 1. The molecule has 1 aliphatic heterocycles. The minimum absolute atomic E-state index is 0.614. The Kier molecular flexibility index (Phi) is 3.47. The van der Waals surface area contributed by atoms with Crippen molar-refractivity contribution in [2.24, 2.45) is 7.05 Å². The molecule has 0 N–H and O–H groups in total. The summed E-state index contributed by atoms with van der Waals surface area (Å²) < 4.78 is 2.11. The predicted molar refractivity (Wildman–Crippen MR) is 79.7 cm³/mol. The molecule has 4 heteroatoms. The van der Waals surface area contributed by atoms with Crippen molar-refractivity contribution in [2.75, 3.05) is 18.0 Å². The van der Waals surface area contributed by atoms with Gasteiger partial charge >= 0.3 is 0 Å². The van der Waals surface area contributed by atoms with Gasteiger partial charge in [-0.15, -0.1) is 0 Å². The van der Waals surface area contributed by atoms with E-state index < -0.39 is 0 Å². The van der Waals surface area contributed by atoms with Crippen molar-refractivity contribution in [3.63, 3.8) is 0 Å². The fourth-order valence-corrected chi connectivity index (χ4v) is 3.08. The Morgan fingerprint density at radius 3 is 2.42 bits per heavy atom. The molecule has 100 valence electrons.